The molecule has 1 heterocycles. The summed E-state index contributed by atoms with van der Waals surface area (Å²) >= 11 is 1.66. The average molecular weight is 214 g/mol. The monoisotopic (exact) mass is 214 g/mol. The Kier molecular flexibility index (Phi) is 4.51. The average Bonchev–Trinajstić information content (AvgIpc) is 2.52. The Labute approximate surface area is 89.2 Å². The molecule has 4 heteroatoms. The van der Waals surface area contributed by atoms with Gasteiger partial charge in [0.2, 0.25) is 0 Å². The van der Waals surface area contributed by atoms with Crippen LogP contribution in [-0.4, -0.2) is 22.7 Å². The summed E-state index contributed by atoms with van der Waals surface area (Å²) in [7, 11) is 0. The van der Waals surface area contributed by atoms with Crippen molar-refractivity contribution in [2.24, 2.45) is 5.92 Å². The van der Waals surface area contributed by atoms with Crippen LogP contribution in [0.25, 0.3) is 0 Å². The van der Waals surface area contributed by atoms with E-state index in [1.54, 1.807) is 11.3 Å². The van der Waals surface area contributed by atoms with Gasteiger partial charge in [-0.05, 0) is 12.8 Å². The van der Waals surface area contributed by atoms with E-state index in [4.69, 9.17) is 5.11 Å². The number of aliphatic hydroxyl groups is 1. The van der Waals surface area contributed by atoms with Crippen LogP contribution >= 0.6 is 11.3 Å². The number of hydrogen-bond acceptors (Lipinski definition) is 4. The maximum Gasteiger partial charge on any atom is 0.107 e. The molecule has 1 aromatic rings. The van der Waals surface area contributed by atoms with E-state index in [9.17, 15) is 0 Å². The van der Waals surface area contributed by atoms with Crippen molar-refractivity contribution in [1.29, 1.82) is 0 Å². The highest BCUT2D eigenvalue weighted by molar-refractivity contribution is 7.09. The van der Waals surface area contributed by atoms with Gasteiger partial charge in [-0.25, -0.2) is 4.98 Å². The maximum atomic E-state index is 9.10. The lowest BCUT2D eigenvalue weighted by Crippen LogP contribution is -2.36. The number of thiazole rings is 1. The Morgan fingerprint density at radius 1 is 1.57 bits per heavy atom. The summed E-state index contributed by atoms with van der Waals surface area (Å²) in [5, 5.41) is 15.5. The molecule has 0 bridgehead atoms. The van der Waals surface area contributed by atoms with E-state index in [2.05, 4.69) is 24.1 Å². The Balaban J connectivity index is 2.39. The van der Waals surface area contributed by atoms with Crippen molar-refractivity contribution < 1.29 is 5.11 Å². The summed E-state index contributed by atoms with van der Waals surface area (Å²) in [6.07, 6.45) is 0. The second kappa shape index (κ2) is 5.44. The fourth-order valence-electron chi connectivity index (χ4n) is 1.21. The van der Waals surface area contributed by atoms with Crippen molar-refractivity contribution in [2.45, 2.75) is 33.4 Å². The van der Waals surface area contributed by atoms with Crippen LogP contribution in [0.5, 0.6) is 0 Å². The summed E-state index contributed by atoms with van der Waals surface area (Å²) in [6.45, 7) is 7.12. The maximum absolute atomic E-state index is 9.10. The summed E-state index contributed by atoms with van der Waals surface area (Å²) in [5.74, 6) is 0.445. The molecule has 80 valence electrons. The van der Waals surface area contributed by atoms with E-state index < -0.39 is 0 Å². The lowest BCUT2D eigenvalue weighted by Gasteiger charge is -2.18. The molecule has 0 saturated carbocycles. The first kappa shape index (κ1) is 11.6. The van der Waals surface area contributed by atoms with Gasteiger partial charge in [-0.3, -0.25) is 0 Å². The topological polar surface area (TPSA) is 45.1 Å². The first-order chi connectivity index (χ1) is 6.63. The van der Waals surface area contributed by atoms with Crippen molar-refractivity contribution in [3.63, 3.8) is 0 Å². The number of rotatable bonds is 5. The molecule has 0 aliphatic rings. The molecule has 0 radical (unpaired) electrons. The van der Waals surface area contributed by atoms with Crippen LogP contribution in [0, 0.1) is 12.8 Å². The Morgan fingerprint density at radius 2 is 2.29 bits per heavy atom. The van der Waals surface area contributed by atoms with Crippen molar-refractivity contribution in [1.82, 2.24) is 10.3 Å². The minimum absolute atomic E-state index is 0.166. The Hall–Kier alpha value is -0.450. The zero-order valence-corrected chi connectivity index (χ0v) is 9.77. The molecule has 0 amide bonds. The minimum atomic E-state index is 0.166. The second-order valence-electron chi connectivity index (χ2n) is 3.80. The van der Waals surface area contributed by atoms with E-state index in [1.807, 2.05) is 12.3 Å². The normalized spacial score (nSPS) is 13.5. The first-order valence-corrected chi connectivity index (χ1v) is 5.76. The predicted molar refractivity (Wildman–Crippen MR) is 59.4 cm³/mol. The summed E-state index contributed by atoms with van der Waals surface area (Å²) < 4.78 is 0. The van der Waals surface area contributed by atoms with E-state index in [-0.39, 0.29) is 12.6 Å². The third kappa shape index (κ3) is 3.36. The highest BCUT2D eigenvalue weighted by Crippen LogP contribution is 2.09. The van der Waals surface area contributed by atoms with Crippen molar-refractivity contribution in [3.8, 4) is 0 Å². The van der Waals surface area contributed by atoms with Gasteiger partial charge in [0.05, 0.1) is 6.61 Å². The molecule has 1 atom stereocenters. The van der Waals surface area contributed by atoms with Gasteiger partial charge in [-0.1, -0.05) is 13.8 Å². The Bertz CT molecular complexity index is 273. The van der Waals surface area contributed by atoms with Crippen LogP contribution in [0.15, 0.2) is 5.38 Å². The van der Waals surface area contributed by atoms with Gasteiger partial charge < -0.3 is 10.4 Å². The highest BCUT2D eigenvalue weighted by Gasteiger charge is 2.11. The molecule has 2 N–H and O–H groups in total. The van der Waals surface area contributed by atoms with Crippen LogP contribution < -0.4 is 5.32 Å². The van der Waals surface area contributed by atoms with Crippen LogP contribution in [0.1, 0.15) is 24.5 Å². The lowest BCUT2D eigenvalue weighted by atomic mass is 10.1. The lowest BCUT2D eigenvalue weighted by molar-refractivity contribution is 0.210. The number of aromatic nitrogens is 1. The van der Waals surface area contributed by atoms with Gasteiger partial charge >= 0.3 is 0 Å². The molecule has 0 spiro atoms. The molecule has 14 heavy (non-hydrogen) atoms. The molecule has 0 aliphatic carbocycles. The van der Waals surface area contributed by atoms with Crippen LogP contribution in [-0.2, 0) is 6.54 Å². The van der Waals surface area contributed by atoms with Gasteiger partial charge in [0.15, 0.2) is 0 Å². The van der Waals surface area contributed by atoms with E-state index >= 15 is 0 Å². The summed E-state index contributed by atoms with van der Waals surface area (Å²) in [4.78, 5) is 4.35. The quantitative estimate of drug-likeness (QED) is 0.782. The largest absolute Gasteiger partial charge is 0.395 e. The van der Waals surface area contributed by atoms with Crippen LogP contribution in [0.4, 0.5) is 0 Å². The fourth-order valence-corrected chi connectivity index (χ4v) is 1.94. The van der Waals surface area contributed by atoms with Gasteiger partial charge in [-0.15, -0.1) is 11.3 Å². The molecular formula is C10H18N2OS. The summed E-state index contributed by atoms with van der Waals surface area (Å²) in [5.41, 5.74) is 1.07. The van der Waals surface area contributed by atoms with Gasteiger partial charge in [-0.2, -0.15) is 0 Å². The first-order valence-electron chi connectivity index (χ1n) is 4.88. The number of nitrogens with zero attached hydrogens (tertiary/aromatic N) is 1. The third-order valence-corrected chi connectivity index (χ3v) is 3.15. The van der Waals surface area contributed by atoms with Gasteiger partial charge in [0.25, 0.3) is 0 Å². The molecule has 3 nitrogen and oxygen atoms in total. The molecule has 1 rings (SSSR count). The molecule has 1 unspecified atom stereocenters. The molecule has 0 saturated heterocycles. The number of aliphatic hydroxyl groups excluding tert-OH is 1. The predicted octanol–water partition coefficient (Wildman–Crippen LogP) is 1.56. The summed E-state index contributed by atoms with van der Waals surface area (Å²) in [6, 6.07) is 0.166. The fraction of sp³-hybridized carbons (Fsp3) is 0.700. The Morgan fingerprint density at radius 3 is 2.71 bits per heavy atom. The molecule has 0 aromatic carbocycles. The number of aryl methyl sites for hydroxylation is 1. The number of hydrogen-bond donors (Lipinski definition) is 2. The molecule has 0 aliphatic heterocycles. The molecule has 0 fully saturated rings. The SMILES string of the molecule is Cc1csc(CNC(CO)C(C)C)n1. The van der Waals surface area contributed by atoms with Gasteiger partial charge in [0, 0.05) is 23.7 Å². The standard InChI is InChI=1S/C10H18N2OS/c1-7(2)9(5-13)11-4-10-12-8(3)6-14-10/h6-7,9,11,13H,4-5H2,1-3H3. The zero-order valence-electron chi connectivity index (χ0n) is 8.95. The van der Waals surface area contributed by atoms with E-state index in [0.29, 0.717) is 5.92 Å². The van der Waals surface area contributed by atoms with Gasteiger partial charge in [0.1, 0.15) is 5.01 Å². The molecule has 1 aromatic heterocycles. The number of nitrogens with one attached hydrogen (secondary N) is 1. The van der Waals surface area contributed by atoms with Crippen LogP contribution in [0.3, 0.4) is 0 Å². The zero-order chi connectivity index (χ0) is 10.6. The molecular weight excluding hydrogens is 196 g/mol. The highest BCUT2D eigenvalue weighted by atomic mass is 32.1. The third-order valence-electron chi connectivity index (χ3n) is 2.18. The minimum Gasteiger partial charge on any atom is -0.395 e. The van der Waals surface area contributed by atoms with Crippen LogP contribution in [0.2, 0.25) is 0 Å². The van der Waals surface area contributed by atoms with Crippen molar-refractivity contribution in [3.05, 3.63) is 16.1 Å². The second-order valence-corrected chi connectivity index (χ2v) is 4.74. The smallest absolute Gasteiger partial charge is 0.107 e. The van der Waals surface area contributed by atoms with Crippen molar-refractivity contribution >= 4 is 11.3 Å². The van der Waals surface area contributed by atoms with E-state index in [1.165, 1.54) is 0 Å². The van der Waals surface area contributed by atoms with E-state index in [0.717, 1.165) is 17.2 Å². The van der Waals surface area contributed by atoms with Crippen molar-refractivity contribution in [2.75, 3.05) is 6.61 Å².